The van der Waals surface area contributed by atoms with Gasteiger partial charge in [0.25, 0.3) is 5.56 Å². The third-order valence-electron chi connectivity index (χ3n) is 6.62. The van der Waals surface area contributed by atoms with Crippen LogP contribution in [-0.4, -0.2) is 23.8 Å². The molecule has 43 heavy (non-hydrogen) atoms. The molecule has 0 aliphatic carbocycles. The highest BCUT2D eigenvalue weighted by Gasteiger charge is 2.35. The van der Waals surface area contributed by atoms with Gasteiger partial charge in [-0.05, 0) is 108 Å². The van der Waals surface area contributed by atoms with Crippen molar-refractivity contribution in [3.63, 3.8) is 0 Å². The van der Waals surface area contributed by atoms with Gasteiger partial charge in [-0.15, -0.1) is 0 Å². The van der Waals surface area contributed by atoms with Crippen molar-refractivity contribution in [3.05, 3.63) is 120 Å². The number of nitrogens with zero attached hydrogens (tertiary/aromatic N) is 2. The lowest BCUT2D eigenvalue weighted by Crippen LogP contribution is -2.40. The monoisotopic (exact) mass is 884 g/mol. The molecular formula is C32H27BrI2N2O5S. The number of methoxy groups -OCH3 is 1. The first-order valence-corrected chi connectivity index (χ1v) is 17.1. The molecule has 0 saturated heterocycles. The maximum absolute atomic E-state index is 14.3. The van der Waals surface area contributed by atoms with Crippen LogP contribution in [0.4, 0.5) is 0 Å². The summed E-state index contributed by atoms with van der Waals surface area (Å²) in [5, 5.41) is 0. The Labute approximate surface area is 288 Å². The standard InChI is InChI=1S/C32H27BrI2N2O5S/c1-17(2)42-31(39)27-18(3)36-32-37(28(27)23-14-21(33)10-11-25(23)40-4)30(38)26(43-32)13-20-12-22(34)15-24(35)29(20)41-16-19-8-6-5-7-9-19/h5-15,17,28H,16H2,1-4H3/b26-13-/t28-/m1/s1. The molecule has 4 aromatic rings. The summed E-state index contributed by atoms with van der Waals surface area (Å²) >= 11 is 9.34. The highest BCUT2D eigenvalue weighted by Crippen LogP contribution is 2.37. The number of thiazole rings is 1. The number of carbonyl (C=O) groups excluding carboxylic acids is 1. The molecule has 7 nitrogen and oxygen atoms in total. The Morgan fingerprint density at radius 1 is 1.14 bits per heavy atom. The van der Waals surface area contributed by atoms with Gasteiger partial charge in [-0.3, -0.25) is 9.36 Å². The van der Waals surface area contributed by atoms with E-state index in [1.54, 1.807) is 38.5 Å². The zero-order chi connectivity index (χ0) is 30.8. The van der Waals surface area contributed by atoms with Gasteiger partial charge in [0.05, 0.1) is 32.6 Å². The minimum atomic E-state index is -0.804. The lowest BCUT2D eigenvalue weighted by molar-refractivity contribution is -0.143. The van der Waals surface area contributed by atoms with Gasteiger partial charge < -0.3 is 14.2 Å². The smallest absolute Gasteiger partial charge is 0.338 e. The van der Waals surface area contributed by atoms with E-state index >= 15 is 0 Å². The van der Waals surface area contributed by atoms with Crippen LogP contribution in [-0.2, 0) is 16.1 Å². The second-order valence-electron chi connectivity index (χ2n) is 10.0. The topological polar surface area (TPSA) is 79.1 Å². The summed E-state index contributed by atoms with van der Waals surface area (Å²) in [5.41, 5.74) is 2.97. The fourth-order valence-corrected chi connectivity index (χ4v) is 8.25. The Morgan fingerprint density at radius 3 is 2.58 bits per heavy atom. The minimum absolute atomic E-state index is 0.277. The molecule has 0 spiro atoms. The highest BCUT2D eigenvalue weighted by atomic mass is 127. The second kappa shape index (κ2) is 13.7. The van der Waals surface area contributed by atoms with Crippen molar-refractivity contribution in [2.24, 2.45) is 4.99 Å². The number of aromatic nitrogens is 1. The number of halogens is 3. The molecule has 1 aliphatic heterocycles. The Balaban J connectivity index is 1.70. The van der Waals surface area contributed by atoms with E-state index in [9.17, 15) is 9.59 Å². The van der Waals surface area contributed by atoms with Crippen LogP contribution in [0.5, 0.6) is 11.5 Å². The van der Waals surface area contributed by atoms with Gasteiger partial charge in [-0.25, -0.2) is 9.79 Å². The molecule has 3 aromatic carbocycles. The van der Waals surface area contributed by atoms with E-state index in [0.29, 0.717) is 44.3 Å². The molecule has 0 amide bonds. The number of hydrogen-bond acceptors (Lipinski definition) is 7. The maximum Gasteiger partial charge on any atom is 0.338 e. The Morgan fingerprint density at radius 2 is 1.88 bits per heavy atom. The molecule has 0 radical (unpaired) electrons. The number of ether oxygens (including phenoxy) is 3. The number of hydrogen-bond donors (Lipinski definition) is 0. The number of allylic oxidation sites excluding steroid dienone is 1. The average molecular weight is 885 g/mol. The van der Waals surface area contributed by atoms with Gasteiger partial charge >= 0.3 is 5.97 Å². The largest absolute Gasteiger partial charge is 0.496 e. The molecule has 0 N–H and O–H groups in total. The van der Waals surface area contributed by atoms with E-state index in [4.69, 9.17) is 19.2 Å². The van der Waals surface area contributed by atoms with Crippen LogP contribution in [0.15, 0.2) is 86.2 Å². The lowest BCUT2D eigenvalue weighted by Gasteiger charge is -2.26. The number of carbonyl (C=O) groups is 1. The van der Waals surface area contributed by atoms with Crippen molar-refractivity contribution >= 4 is 84.5 Å². The van der Waals surface area contributed by atoms with E-state index in [1.165, 1.54) is 11.3 Å². The van der Waals surface area contributed by atoms with Gasteiger partial charge in [0, 0.05) is 19.2 Å². The van der Waals surface area contributed by atoms with Crippen molar-refractivity contribution in [2.75, 3.05) is 7.11 Å². The fraction of sp³-hybridized carbons (Fsp3) is 0.219. The minimum Gasteiger partial charge on any atom is -0.496 e. The van der Waals surface area contributed by atoms with E-state index in [0.717, 1.165) is 22.7 Å². The van der Waals surface area contributed by atoms with Crippen LogP contribution in [0.1, 0.15) is 43.5 Å². The molecule has 0 bridgehead atoms. The van der Waals surface area contributed by atoms with Gasteiger partial charge in [0.15, 0.2) is 4.80 Å². The third-order valence-corrected chi connectivity index (χ3v) is 9.52. The Bertz CT molecular complexity index is 1920. The van der Waals surface area contributed by atoms with Crippen LogP contribution in [0, 0.1) is 7.14 Å². The van der Waals surface area contributed by atoms with E-state index in [1.807, 2.05) is 60.7 Å². The lowest BCUT2D eigenvalue weighted by atomic mass is 9.95. The molecule has 0 unspecified atom stereocenters. The molecule has 0 fully saturated rings. The van der Waals surface area contributed by atoms with Crippen molar-refractivity contribution < 1.29 is 19.0 Å². The molecule has 2 heterocycles. The van der Waals surface area contributed by atoms with Crippen LogP contribution >= 0.6 is 72.4 Å². The first kappa shape index (κ1) is 31.9. The summed E-state index contributed by atoms with van der Waals surface area (Å²) in [6, 6.07) is 18.7. The number of benzene rings is 3. The number of esters is 1. The molecule has 1 aliphatic rings. The predicted molar refractivity (Wildman–Crippen MR) is 188 cm³/mol. The molecule has 222 valence electrons. The Hall–Kier alpha value is -2.49. The molecule has 1 atom stereocenters. The molecule has 11 heteroatoms. The summed E-state index contributed by atoms with van der Waals surface area (Å²) in [6.45, 7) is 5.74. The number of rotatable bonds is 8. The van der Waals surface area contributed by atoms with Gasteiger partial charge in [-0.1, -0.05) is 57.6 Å². The van der Waals surface area contributed by atoms with Gasteiger partial charge in [0.2, 0.25) is 0 Å². The van der Waals surface area contributed by atoms with Crippen LogP contribution in [0.25, 0.3) is 6.08 Å². The quantitative estimate of drug-likeness (QED) is 0.145. The van der Waals surface area contributed by atoms with E-state index < -0.39 is 12.0 Å². The fourth-order valence-electron chi connectivity index (χ4n) is 4.78. The zero-order valence-corrected chi connectivity index (χ0v) is 30.4. The van der Waals surface area contributed by atoms with E-state index in [-0.39, 0.29) is 11.7 Å². The summed E-state index contributed by atoms with van der Waals surface area (Å²) in [4.78, 5) is 32.9. The first-order valence-electron chi connectivity index (χ1n) is 13.3. The third kappa shape index (κ3) is 6.94. The predicted octanol–water partition coefficient (Wildman–Crippen LogP) is 6.75. The Kier molecular flexibility index (Phi) is 10.1. The first-order chi connectivity index (χ1) is 20.6. The summed E-state index contributed by atoms with van der Waals surface area (Å²) in [5.74, 6) is 0.704. The normalized spacial score (nSPS) is 14.9. The van der Waals surface area contributed by atoms with Crippen LogP contribution in [0.3, 0.4) is 0 Å². The zero-order valence-electron chi connectivity index (χ0n) is 23.7. The van der Waals surface area contributed by atoms with E-state index in [2.05, 4.69) is 61.1 Å². The number of fused-ring (bicyclic) bond motifs is 1. The second-order valence-corrected chi connectivity index (χ2v) is 14.3. The van der Waals surface area contributed by atoms with Crippen LogP contribution in [0.2, 0.25) is 0 Å². The SMILES string of the molecule is COc1ccc(Br)cc1[C@@H]1C(C(=O)OC(C)C)=C(C)N=c2s/c(=C\c3cc(I)cc(I)c3OCc3ccccc3)c(=O)n21. The van der Waals surface area contributed by atoms with Crippen molar-refractivity contribution in [1.82, 2.24) is 4.57 Å². The molecular weight excluding hydrogens is 858 g/mol. The summed E-state index contributed by atoms with van der Waals surface area (Å²) in [6.07, 6.45) is 1.49. The average Bonchev–Trinajstić information content (AvgIpc) is 3.25. The molecule has 5 rings (SSSR count). The van der Waals surface area contributed by atoms with Crippen molar-refractivity contribution in [2.45, 2.75) is 39.5 Å². The highest BCUT2D eigenvalue weighted by molar-refractivity contribution is 14.1. The van der Waals surface area contributed by atoms with Gasteiger partial charge in [-0.2, -0.15) is 0 Å². The maximum atomic E-state index is 14.3. The van der Waals surface area contributed by atoms with Gasteiger partial charge in [0.1, 0.15) is 24.1 Å². The summed E-state index contributed by atoms with van der Waals surface area (Å²) < 4.78 is 22.4. The van der Waals surface area contributed by atoms with Crippen LogP contribution < -0.4 is 24.4 Å². The summed E-state index contributed by atoms with van der Waals surface area (Å²) in [7, 11) is 1.56. The molecule has 0 saturated carbocycles. The molecule has 1 aromatic heterocycles. The van der Waals surface area contributed by atoms with Crippen molar-refractivity contribution in [3.8, 4) is 11.5 Å². The van der Waals surface area contributed by atoms with Crippen molar-refractivity contribution in [1.29, 1.82) is 0 Å².